The van der Waals surface area contributed by atoms with Crippen molar-refractivity contribution in [3.05, 3.63) is 97.2 Å². The Morgan fingerprint density at radius 3 is 1.35 bits per heavy atom. The summed E-state index contributed by atoms with van der Waals surface area (Å²) in [6.07, 6.45) is 53.3. The van der Waals surface area contributed by atoms with E-state index in [4.69, 9.17) is 24.8 Å². The van der Waals surface area contributed by atoms with Gasteiger partial charge in [-0.3, -0.25) is 23.4 Å². The molecule has 0 amide bonds. The highest BCUT2D eigenvalue weighted by atomic mass is 31.2. The molecule has 0 spiro atoms. The van der Waals surface area contributed by atoms with E-state index in [1.54, 1.807) is 0 Å². The number of hydrogen-bond donors (Lipinski definition) is 3. The Labute approximate surface area is 362 Å². The van der Waals surface area contributed by atoms with Crippen molar-refractivity contribution in [3.8, 4) is 0 Å². The minimum atomic E-state index is -4.74. The normalized spacial score (nSPS) is 14.6. The van der Waals surface area contributed by atoms with Crippen LogP contribution in [0.3, 0.4) is 0 Å². The monoisotopic (exact) mass is 860 g/mol. The first kappa shape index (κ1) is 56.4. The molecule has 3 unspecified atom stereocenters. The van der Waals surface area contributed by atoms with Crippen LogP contribution in [0.25, 0.3) is 0 Å². The second kappa shape index (κ2) is 42.1. The molecule has 0 saturated carbocycles. The summed E-state index contributed by atoms with van der Waals surface area (Å²) in [6, 6.07) is -1.53. The van der Waals surface area contributed by atoms with E-state index in [1.807, 2.05) is 0 Å². The SMILES string of the molecule is CC/C=C\C/C=C\C/C=C\C/C=C\CCCCCCCCCCC(=O)OC(COC(=O)CCCC/C=C\C/C=C\C/C=C\C/C=C\CC)COP(=O)(O)OCC(N)C(=O)O. The molecule has 0 bridgehead atoms. The fourth-order valence-corrected chi connectivity index (χ4v) is 6.18. The summed E-state index contributed by atoms with van der Waals surface area (Å²) in [5.74, 6) is -2.46. The second-order valence-corrected chi connectivity index (χ2v) is 15.9. The van der Waals surface area contributed by atoms with Crippen LogP contribution in [0.2, 0.25) is 0 Å². The molecule has 60 heavy (non-hydrogen) atoms. The summed E-state index contributed by atoms with van der Waals surface area (Å²) in [6.45, 7) is 2.51. The van der Waals surface area contributed by atoms with E-state index in [0.29, 0.717) is 12.8 Å². The van der Waals surface area contributed by atoms with Gasteiger partial charge in [-0.05, 0) is 89.9 Å². The predicted octanol–water partition coefficient (Wildman–Crippen LogP) is 12.1. The number of carboxylic acid groups (broad SMARTS) is 1. The van der Waals surface area contributed by atoms with Crippen LogP contribution in [0, 0.1) is 0 Å². The number of nitrogens with two attached hydrogens (primary N) is 1. The number of phosphoric acid groups is 1. The molecule has 4 N–H and O–H groups in total. The maximum Gasteiger partial charge on any atom is 0.472 e. The predicted molar refractivity (Wildman–Crippen MR) is 244 cm³/mol. The van der Waals surface area contributed by atoms with Gasteiger partial charge < -0.3 is 25.2 Å². The first-order valence-corrected chi connectivity index (χ1v) is 23.8. The van der Waals surface area contributed by atoms with E-state index < -0.39 is 51.1 Å². The van der Waals surface area contributed by atoms with Crippen molar-refractivity contribution in [1.29, 1.82) is 0 Å². The highest BCUT2D eigenvalue weighted by molar-refractivity contribution is 7.47. The van der Waals surface area contributed by atoms with Gasteiger partial charge in [0, 0.05) is 12.8 Å². The Bertz CT molecular complexity index is 1380. The summed E-state index contributed by atoms with van der Waals surface area (Å²) in [5, 5.41) is 8.90. The molecule has 0 fully saturated rings. The van der Waals surface area contributed by atoms with Crippen LogP contribution in [0.1, 0.15) is 155 Å². The third kappa shape index (κ3) is 41.1. The molecule has 340 valence electrons. The Balaban J connectivity index is 4.42. The molecule has 0 aromatic rings. The number of aliphatic carboxylic acids is 1. The van der Waals surface area contributed by atoms with Crippen molar-refractivity contribution in [3.63, 3.8) is 0 Å². The van der Waals surface area contributed by atoms with Crippen molar-refractivity contribution in [2.45, 2.75) is 167 Å². The van der Waals surface area contributed by atoms with Gasteiger partial charge in [-0.25, -0.2) is 4.57 Å². The molecule has 0 heterocycles. The summed E-state index contributed by atoms with van der Waals surface area (Å²) in [5.41, 5.74) is 5.33. The van der Waals surface area contributed by atoms with Gasteiger partial charge >= 0.3 is 25.7 Å². The molecule has 12 heteroatoms. The zero-order chi connectivity index (χ0) is 44.2. The summed E-state index contributed by atoms with van der Waals surface area (Å²) in [4.78, 5) is 46.0. The van der Waals surface area contributed by atoms with Crippen molar-refractivity contribution >= 4 is 25.7 Å². The number of hydrogen-bond acceptors (Lipinski definition) is 9. The van der Waals surface area contributed by atoms with E-state index in [2.05, 4.69) is 116 Å². The Kier molecular flexibility index (Phi) is 39.6. The lowest BCUT2D eigenvalue weighted by Crippen LogP contribution is -2.34. The first-order chi connectivity index (χ1) is 29.1. The molecule has 0 aliphatic carbocycles. The lowest BCUT2D eigenvalue weighted by atomic mass is 10.1. The van der Waals surface area contributed by atoms with Crippen molar-refractivity contribution in [2.75, 3.05) is 19.8 Å². The minimum absolute atomic E-state index is 0.136. The number of allylic oxidation sites excluding steroid dienone is 16. The zero-order valence-electron chi connectivity index (χ0n) is 36.8. The van der Waals surface area contributed by atoms with Gasteiger partial charge in [-0.1, -0.05) is 150 Å². The highest BCUT2D eigenvalue weighted by Crippen LogP contribution is 2.43. The van der Waals surface area contributed by atoms with Crippen LogP contribution in [0.5, 0.6) is 0 Å². The number of ether oxygens (including phenoxy) is 2. The molecule has 3 atom stereocenters. The number of esters is 2. The summed E-state index contributed by atoms with van der Waals surface area (Å²) in [7, 11) is -4.74. The van der Waals surface area contributed by atoms with Crippen molar-refractivity contribution < 1.29 is 47.5 Å². The van der Waals surface area contributed by atoms with Crippen LogP contribution >= 0.6 is 7.82 Å². The second-order valence-electron chi connectivity index (χ2n) is 14.4. The Morgan fingerprint density at radius 1 is 0.517 bits per heavy atom. The van der Waals surface area contributed by atoms with Crippen LogP contribution in [-0.4, -0.2) is 59.9 Å². The molecule has 0 aromatic carbocycles. The van der Waals surface area contributed by atoms with Gasteiger partial charge in [0.1, 0.15) is 12.6 Å². The molecular formula is C48H78NO10P. The fourth-order valence-electron chi connectivity index (χ4n) is 5.40. The summed E-state index contributed by atoms with van der Waals surface area (Å²) >= 11 is 0. The third-order valence-corrected chi connectivity index (χ3v) is 9.78. The average Bonchev–Trinajstić information content (AvgIpc) is 3.22. The molecule has 0 rings (SSSR count). The van der Waals surface area contributed by atoms with Crippen LogP contribution in [0.15, 0.2) is 97.2 Å². The van der Waals surface area contributed by atoms with Gasteiger partial charge in [-0.2, -0.15) is 0 Å². The number of rotatable bonds is 40. The summed E-state index contributed by atoms with van der Waals surface area (Å²) < 4.78 is 32.7. The largest absolute Gasteiger partial charge is 0.480 e. The van der Waals surface area contributed by atoms with Gasteiger partial charge in [0.05, 0.1) is 13.2 Å². The number of unbranched alkanes of at least 4 members (excludes halogenated alkanes) is 10. The van der Waals surface area contributed by atoms with Crippen LogP contribution in [-0.2, 0) is 37.5 Å². The molecule has 11 nitrogen and oxygen atoms in total. The van der Waals surface area contributed by atoms with Crippen LogP contribution < -0.4 is 5.73 Å². The van der Waals surface area contributed by atoms with E-state index in [1.165, 1.54) is 19.3 Å². The smallest absolute Gasteiger partial charge is 0.472 e. The lowest BCUT2D eigenvalue weighted by Gasteiger charge is -2.20. The molecule has 0 aliphatic rings. The number of carbonyl (C=O) groups is 3. The van der Waals surface area contributed by atoms with Gasteiger partial charge in [-0.15, -0.1) is 0 Å². The maximum absolute atomic E-state index is 12.6. The van der Waals surface area contributed by atoms with Gasteiger partial charge in [0.25, 0.3) is 0 Å². The average molecular weight is 860 g/mol. The Hall–Kier alpha value is -3.60. The lowest BCUT2D eigenvalue weighted by molar-refractivity contribution is -0.161. The Morgan fingerprint density at radius 2 is 0.883 bits per heavy atom. The fraction of sp³-hybridized carbons (Fsp3) is 0.604. The maximum atomic E-state index is 12.6. The van der Waals surface area contributed by atoms with Gasteiger partial charge in [0.15, 0.2) is 6.10 Å². The van der Waals surface area contributed by atoms with Crippen molar-refractivity contribution in [1.82, 2.24) is 0 Å². The molecule has 0 saturated heterocycles. The third-order valence-electron chi connectivity index (χ3n) is 8.83. The topological polar surface area (TPSA) is 172 Å². The van der Waals surface area contributed by atoms with E-state index in [-0.39, 0.29) is 19.4 Å². The first-order valence-electron chi connectivity index (χ1n) is 22.3. The molecular weight excluding hydrogens is 781 g/mol. The van der Waals surface area contributed by atoms with Gasteiger partial charge in [0.2, 0.25) is 0 Å². The van der Waals surface area contributed by atoms with Crippen molar-refractivity contribution in [2.24, 2.45) is 5.73 Å². The quantitative estimate of drug-likeness (QED) is 0.0232. The van der Waals surface area contributed by atoms with E-state index in [9.17, 15) is 23.8 Å². The zero-order valence-corrected chi connectivity index (χ0v) is 37.6. The number of carboxylic acids is 1. The van der Waals surface area contributed by atoms with Crippen LogP contribution in [0.4, 0.5) is 0 Å². The molecule has 0 aromatic heterocycles. The highest BCUT2D eigenvalue weighted by Gasteiger charge is 2.28. The minimum Gasteiger partial charge on any atom is -0.480 e. The number of carbonyl (C=O) groups excluding carboxylic acids is 2. The van der Waals surface area contributed by atoms with E-state index >= 15 is 0 Å². The standard InChI is InChI=1S/C48H78NO10P/c1-3-5-7-9-11-13-15-17-19-20-21-22-23-24-26-28-30-32-34-36-38-40-47(51)59-44(42-57-60(54,55)58-43-45(49)48(52)53)41-56-46(50)39-37-35-33-31-29-27-25-18-16-14-12-10-8-6-4-2/h5-8,11-14,17-19,21-22,25,29,31,44-45H,3-4,9-10,15-16,20,23-24,26-28,30,32-43,49H2,1-2H3,(H,52,53)(H,54,55)/b7-5-,8-6-,13-11-,14-12-,19-17-,22-21-,25-18-,31-29-. The number of phosphoric ester groups is 1. The molecule has 0 aliphatic heterocycles. The van der Waals surface area contributed by atoms with E-state index in [0.717, 1.165) is 96.3 Å². The molecule has 0 radical (unpaired) electrons.